The van der Waals surface area contributed by atoms with Crippen molar-refractivity contribution in [3.8, 4) is 28.7 Å². The van der Waals surface area contributed by atoms with Gasteiger partial charge in [-0.1, -0.05) is 6.07 Å². The molecule has 0 aliphatic carbocycles. The minimum Gasteiger partial charge on any atom is -0.497 e. The zero-order valence-corrected chi connectivity index (χ0v) is 10.8. The van der Waals surface area contributed by atoms with Crippen LogP contribution in [0.2, 0.25) is 0 Å². The van der Waals surface area contributed by atoms with Gasteiger partial charge >= 0.3 is 0 Å². The predicted molar refractivity (Wildman–Crippen MR) is 74.5 cm³/mol. The Morgan fingerprint density at radius 1 is 1.15 bits per heavy atom. The number of nitrogens with zero attached hydrogens (tertiary/aromatic N) is 1. The van der Waals surface area contributed by atoms with Gasteiger partial charge in [0.2, 0.25) is 11.4 Å². The molecule has 0 bridgehead atoms. The number of H-pyrrole nitrogens is 1. The van der Waals surface area contributed by atoms with Crippen LogP contribution in [0, 0.1) is 0 Å². The molecule has 0 unspecified atom stereocenters. The van der Waals surface area contributed by atoms with Crippen molar-refractivity contribution >= 4 is 0 Å². The normalized spacial score (nSPS) is 10.4. The van der Waals surface area contributed by atoms with E-state index in [-0.39, 0.29) is 5.56 Å². The number of oxazole rings is 1. The molecular weight excluding hydrogens is 256 g/mol. The van der Waals surface area contributed by atoms with Gasteiger partial charge in [-0.05, 0) is 30.3 Å². The summed E-state index contributed by atoms with van der Waals surface area (Å²) in [6.45, 7) is 0. The van der Waals surface area contributed by atoms with E-state index in [2.05, 4.69) is 9.97 Å². The molecule has 0 spiro atoms. The van der Waals surface area contributed by atoms with E-state index < -0.39 is 0 Å². The minimum atomic E-state index is -0.188. The molecule has 0 aliphatic rings. The zero-order valence-electron chi connectivity index (χ0n) is 10.8. The second kappa shape index (κ2) is 5.05. The van der Waals surface area contributed by atoms with E-state index in [1.165, 1.54) is 6.07 Å². The topological polar surface area (TPSA) is 68.1 Å². The van der Waals surface area contributed by atoms with Crippen LogP contribution in [0.25, 0.3) is 22.9 Å². The summed E-state index contributed by atoms with van der Waals surface area (Å²) in [5, 5.41) is 0. The van der Waals surface area contributed by atoms with Crippen molar-refractivity contribution in [1.82, 2.24) is 9.97 Å². The lowest BCUT2D eigenvalue weighted by Crippen LogP contribution is -2.03. The first-order valence-electron chi connectivity index (χ1n) is 6.06. The van der Waals surface area contributed by atoms with Crippen LogP contribution in [0.1, 0.15) is 0 Å². The first kappa shape index (κ1) is 12.2. The number of benzene rings is 1. The molecular formula is C15H12N2O3. The average molecular weight is 268 g/mol. The number of methoxy groups -OCH3 is 1. The third-order valence-corrected chi connectivity index (χ3v) is 2.88. The summed E-state index contributed by atoms with van der Waals surface area (Å²) in [6, 6.07) is 12.3. The Bertz CT molecular complexity index is 772. The summed E-state index contributed by atoms with van der Waals surface area (Å²) in [7, 11) is 1.62. The largest absolute Gasteiger partial charge is 0.497 e. The van der Waals surface area contributed by atoms with Gasteiger partial charge in [0.15, 0.2) is 5.76 Å². The standard InChI is InChI=1S/C15H12N2O3/c1-19-11-7-5-10(6-8-11)13-9-16-15(20-13)12-3-2-4-14(18)17-12/h2-9H,1H3,(H,17,18). The first-order chi connectivity index (χ1) is 9.76. The van der Waals surface area contributed by atoms with E-state index in [1.54, 1.807) is 25.4 Å². The van der Waals surface area contributed by atoms with Crippen molar-refractivity contribution in [2.24, 2.45) is 0 Å². The summed E-state index contributed by atoms with van der Waals surface area (Å²) in [4.78, 5) is 18.1. The SMILES string of the molecule is COc1ccc(-c2cnc(-c3cccc(=O)[nH]3)o2)cc1. The number of aromatic amines is 1. The Kier molecular flexibility index (Phi) is 3.09. The fourth-order valence-corrected chi connectivity index (χ4v) is 1.86. The molecule has 20 heavy (non-hydrogen) atoms. The second-order valence-electron chi connectivity index (χ2n) is 4.19. The summed E-state index contributed by atoms with van der Waals surface area (Å²) < 4.78 is 10.8. The van der Waals surface area contributed by atoms with E-state index in [9.17, 15) is 4.79 Å². The predicted octanol–water partition coefficient (Wildman–Crippen LogP) is 2.71. The van der Waals surface area contributed by atoms with E-state index >= 15 is 0 Å². The van der Waals surface area contributed by atoms with E-state index in [4.69, 9.17) is 9.15 Å². The summed E-state index contributed by atoms with van der Waals surface area (Å²) in [6.07, 6.45) is 1.63. The van der Waals surface area contributed by atoms with Gasteiger partial charge in [0.1, 0.15) is 11.4 Å². The lowest BCUT2D eigenvalue weighted by atomic mass is 10.2. The number of aromatic nitrogens is 2. The van der Waals surface area contributed by atoms with Crippen LogP contribution in [0.3, 0.4) is 0 Å². The molecule has 2 aromatic heterocycles. The molecule has 0 fully saturated rings. The molecule has 5 nitrogen and oxygen atoms in total. The molecule has 100 valence electrons. The van der Waals surface area contributed by atoms with Crippen molar-refractivity contribution in [2.75, 3.05) is 7.11 Å². The van der Waals surface area contributed by atoms with E-state index in [0.717, 1.165) is 11.3 Å². The molecule has 3 aromatic rings. The third-order valence-electron chi connectivity index (χ3n) is 2.88. The molecule has 0 amide bonds. The number of pyridine rings is 1. The van der Waals surface area contributed by atoms with Crippen LogP contribution in [0.5, 0.6) is 5.75 Å². The highest BCUT2D eigenvalue weighted by atomic mass is 16.5. The number of hydrogen-bond acceptors (Lipinski definition) is 4. The zero-order chi connectivity index (χ0) is 13.9. The van der Waals surface area contributed by atoms with Gasteiger partial charge in [0.05, 0.1) is 13.3 Å². The number of nitrogens with one attached hydrogen (secondary N) is 1. The molecule has 1 N–H and O–H groups in total. The van der Waals surface area contributed by atoms with Gasteiger partial charge in [-0.25, -0.2) is 4.98 Å². The first-order valence-corrected chi connectivity index (χ1v) is 6.06. The Balaban J connectivity index is 1.95. The Hall–Kier alpha value is -2.82. The van der Waals surface area contributed by atoms with Crippen LogP contribution in [0.15, 0.2) is 57.9 Å². The fourth-order valence-electron chi connectivity index (χ4n) is 1.86. The lowest BCUT2D eigenvalue weighted by molar-refractivity contribution is 0.415. The summed E-state index contributed by atoms with van der Waals surface area (Å²) in [5.41, 5.74) is 1.26. The highest BCUT2D eigenvalue weighted by Crippen LogP contribution is 2.26. The van der Waals surface area contributed by atoms with Crippen molar-refractivity contribution < 1.29 is 9.15 Å². The maximum atomic E-state index is 11.3. The average Bonchev–Trinajstić information content (AvgIpc) is 2.97. The maximum absolute atomic E-state index is 11.3. The van der Waals surface area contributed by atoms with Gasteiger partial charge in [0, 0.05) is 11.6 Å². The van der Waals surface area contributed by atoms with Crippen LogP contribution in [-0.2, 0) is 0 Å². The number of rotatable bonds is 3. The van der Waals surface area contributed by atoms with Gasteiger partial charge in [-0.15, -0.1) is 0 Å². The smallest absolute Gasteiger partial charge is 0.248 e. The molecule has 5 heteroatoms. The molecule has 0 saturated heterocycles. The van der Waals surface area contributed by atoms with Crippen molar-refractivity contribution in [1.29, 1.82) is 0 Å². The maximum Gasteiger partial charge on any atom is 0.248 e. The quantitative estimate of drug-likeness (QED) is 0.793. The van der Waals surface area contributed by atoms with Crippen molar-refractivity contribution in [3.05, 3.63) is 59.0 Å². The van der Waals surface area contributed by atoms with Crippen LogP contribution >= 0.6 is 0 Å². The van der Waals surface area contributed by atoms with Gasteiger partial charge in [-0.3, -0.25) is 4.79 Å². The molecule has 1 aromatic carbocycles. The molecule has 3 rings (SSSR count). The Morgan fingerprint density at radius 2 is 1.95 bits per heavy atom. The fraction of sp³-hybridized carbons (Fsp3) is 0.0667. The van der Waals surface area contributed by atoms with Crippen LogP contribution in [-0.4, -0.2) is 17.1 Å². The van der Waals surface area contributed by atoms with Crippen LogP contribution < -0.4 is 10.3 Å². The van der Waals surface area contributed by atoms with Crippen LogP contribution in [0.4, 0.5) is 0 Å². The van der Waals surface area contributed by atoms with E-state index in [1.807, 2.05) is 24.3 Å². The number of ether oxygens (including phenoxy) is 1. The highest BCUT2D eigenvalue weighted by molar-refractivity contribution is 5.60. The molecule has 0 radical (unpaired) electrons. The summed E-state index contributed by atoms with van der Waals surface area (Å²) >= 11 is 0. The molecule has 2 heterocycles. The monoisotopic (exact) mass is 268 g/mol. The highest BCUT2D eigenvalue weighted by Gasteiger charge is 2.09. The third kappa shape index (κ3) is 2.33. The Labute approximate surface area is 114 Å². The van der Waals surface area contributed by atoms with Crippen molar-refractivity contribution in [2.45, 2.75) is 0 Å². The second-order valence-corrected chi connectivity index (χ2v) is 4.19. The van der Waals surface area contributed by atoms with Gasteiger partial charge in [-0.2, -0.15) is 0 Å². The van der Waals surface area contributed by atoms with Crippen molar-refractivity contribution in [3.63, 3.8) is 0 Å². The molecule has 0 atom stereocenters. The molecule has 0 saturated carbocycles. The molecule has 0 aliphatic heterocycles. The van der Waals surface area contributed by atoms with Gasteiger partial charge in [0.25, 0.3) is 0 Å². The number of hydrogen-bond donors (Lipinski definition) is 1. The summed E-state index contributed by atoms with van der Waals surface area (Å²) in [5.74, 6) is 1.79. The van der Waals surface area contributed by atoms with Gasteiger partial charge < -0.3 is 14.1 Å². The lowest BCUT2D eigenvalue weighted by Gasteiger charge is -2.00. The Morgan fingerprint density at radius 3 is 2.65 bits per heavy atom. The van der Waals surface area contributed by atoms with E-state index in [0.29, 0.717) is 17.3 Å². The minimum absolute atomic E-state index is 0.188.